The highest BCUT2D eigenvalue weighted by atomic mass is 16.5. The standard InChI is InChI=1S/C23H33N3O5/c1-30-16-22(28)26-14-13-25(21(27)15-17-7-9-18(31-2)10-8-17)12-11-24-23(29)19-5-3-4-6-20(19)26/h7-10,19-20H,3-6,11-16H2,1-2H3,(H,24,29). The maximum absolute atomic E-state index is 13.0. The highest BCUT2D eigenvalue weighted by Gasteiger charge is 2.37. The maximum atomic E-state index is 13.0. The molecule has 170 valence electrons. The summed E-state index contributed by atoms with van der Waals surface area (Å²) in [5.74, 6) is 0.363. The number of nitrogens with zero attached hydrogens (tertiary/aromatic N) is 2. The second-order valence-corrected chi connectivity index (χ2v) is 8.18. The van der Waals surface area contributed by atoms with Crippen molar-refractivity contribution in [1.29, 1.82) is 0 Å². The lowest BCUT2D eigenvalue weighted by Crippen LogP contribution is -2.56. The number of rotatable bonds is 5. The lowest BCUT2D eigenvalue weighted by Gasteiger charge is -2.41. The Bertz CT molecular complexity index is 767. The van der Waals surface area contributed by atoms with E-state index in [9.17, 15) is 14.4 Å². The molecule has 3 amide bonds. The van der Waals surface area contributed by atoms with Gasteiger partial charge in [-0.2, -0.15) is 0 Å². The van der Waals surface area contributed by atoms with E-state index in [2.05, 4.69) is 5.32 Å². The molecule has 2 atom stereocenters. The Hall–Kier alpha value is -2.61. The van der Waals surface area contributed by atoms with Gasteiger partial charge in [0, 0.05) is 39.3 Å². The topological polar surface area (TPSA) is 88.2 Å². The second kappa shape index (κ2) is 11.1. The molecule has 2 fully saturated rings. The van der Waals surface area contributed by atoms with E-state index in [-0.39, 0.29) is 42.7 Å². The number of hydrogen-bond acceptors (Lipinski definition) is 5. The second-order valence-electron chi connectivity index (χ2n) is 8.18. The number of benzene rings is 1. The van der Waals surface area contributed by atoms with Crippen LogP contribution in [0.4, 0.5) is 0 Å². The Labute approximate surface area is 183 Å². The molecule has 1 saturated heterocycles. The van der Waals surface area contributed by atoms with Crippen molar-refractivity contribution in [1.82, 2.24) is 15.1 Å². The van der Waals surface area contributed by atoms with E-state index in [4.69, 9.17) is 9.47 Å². The molecule has 0 bridgehead atoms. The number of methoxy groups -OCH3 is 2. The minimum atomic E-state index is -0.198. The fraction of sp³-hybridized carbons (Fsp3) is 0.609. The van der Waals surface area contributed by atoms with Gasteiger partial charge in [0.15, 0.2) is 0 Å². The molecular formula is C23H33N3O5. The van der Waals surface area contributed by atoms with Gasteiger partial charge in [0.1, 0.15) is 12.4 Å². The number of fused-ring (bicyclic) bond motifs is 1. The molecule has 1 N–H and O–H groups in total. The first-order valence-corrected chi connectivity index (χ1v) is 11.0. The Kier molecular flexibility index (Phi) is 8.28. The van der Waals surface area contributed by atoms with Gasteiger partial charge >= 0.3 is 0 Å². The van der Waals surface area contributed by atoms with Crippen molar-refractivity contribution in [3.63, 3.8) is 0 Å². The summed E-state index contributed by atoms with van der Waals surface area (Å²) < 4.78 is 10.3. The molecule has 2 aliphatic rings. The Morgan fingerprint density at radius 3 is 2.48 bits per heavy atom. The normalized spacial score (nSPS) is 22.3. The highest BCUT2D eigenvalue weighted by Crippen LogP contribution is 2.29. The van der Waals surface area contributed by atoms with Crippen LogP contribution < -0.4 is 10.1 Å². The highest BCUT2D eigenvalue weighted by molar-refractivity contribution is 5.83. The average Bonchev–Trinajstić information content (AvgIpc) is 2.78. The minimum Gasteiger partial charge on any atom is -0.497 e. The van der Waals surface area contributed by atoms with Crippen LogP contribution in [0.1, 0.15) is 31.2 Å². The van der Waals surface area contributed by atoms with Crippen LogP contribution in [0, 0.1) is 5.92 Å². The zero-order valence-electron chi connectivity index (χ0n) is 18.5. The van der Waals surface area contributed by atoms with Gasteiger partial charge in [-0.05, 0) is 30.5 Å². The summed E-state index contributed by atoms with van der Waals surface area (Å²) in [5.41, 5.74) is 0.895. The molecule has 8 heteroatoms. The van der Waals surface area contributed by atoms with E-state index >= 15 is 0 Å². The number of carbonyl (C=O) groups excluding carboxylic acids is 3. The predicted octanol–water partition coefficient (Wildman–Crippen LogP) is 1.23. The summed E-state index contributed by atoms with van der Waals surface area (Å²) in [4.78, 5) is 42.1. The summed E-state index contributed by atoms with van der Waals surface area (Å²) in [6.45, 7) is 1.66. The van der Waals surface area contributed by atoms with Gasteiger partial charge in [-0.3, -0.25) is 14.4 Å². The number of nitrogens with one attached hydrogen (secondary N) is 1. The smallest absolute Gasteiger partial charge is 0.248 e. The molecule has 1 aliphatic carbocycles. The van der Waals surface area contributed by atoms with Crippen LogP contribution in [0.25, 0.3) is 0 Å². The predicted molar refractivity (Wildman–Crippen MR) is 116 cm³/mol. The first kappa shape index (κ1) is 23.1. The van der Waals surface area contributed by atoms with Crippen LogP contribution in [0.15, 0.2) is 24.3 Å². The first-order valence-electron chi connectivity index (χ1n) is 11.0. The lowest BCUT2D eigenvalue weighted by molar-refractivity contribution is -0.144. The maximum Gasteiger partial charge on any atom is 0.248 e. The molecule has 1 heterocycles. The molecule has 1 aliphatic heterocycles. The molecule has 1 saturated carbocycles. The monoisotopic (exact) mass is 431 g/mol. The number of ether oxygens (including phenoxy) is 2. The Balaban J connectivity index is 1.74. The van der Waals surface area contributed by atoms with Crippen molar-refractivity contribution in [2.24, 2.45) is 5.92 Å². The van der Waals surface area contributed by atoms with Gasteiger partial charge in [0.25, 0.3) is 0 Å². The third kappa shape index (κ3) is 5.97. The third-order valence-corrected chi connectivity index (χ3v) is 6.21. The van der Waals surface area contributed by atoms with Crippen molar-refractivity contribution in [3.05, 3.63) is 29.8 Å². The van der Waals surface area contributed by atoms with E-state index in [0.29, 0.717) is 26.2 Å². The molecule has 1 aromatic rings. The molecule has 0 spiro atoms. The van der Waals surface area contributed by atoms with Crippen LogP contribution in [-0.4, -0.2) is 80.6 Å². The van der Waals surface area contributed by atoms with Gasteiger partial charge in [0.05, 0.1) is 19.4 Å². The molecule has 0 radical (unpaired) electrons. The van der Waals surface area contributed by atoms with Gasteiger partial charge in [-0.25, -0.2) is 0 Å². The van der Waals surface area contributed by atoms with Crippen molar-refractivity contribution >= 4 is 17.7 Å². The third-order valence-electron chi connectivity index (χ3n) is 6.21. The van der Waals surface area contributed by atoms with Gasteiger partial charge < -0.3 is 24.6 Å². The average molecular weight is 432 g/mol. The van der Waals surface area contributed by atoms with Gasteiger partial charge in [-0.1, -0.05) is 25.0 Å². The van der Waals surface area contributed by atoms with Crippen LogP contribution in [0.3, 0.4) is 0 Å². The first-order chi connectivity index (χ1) is 15.0. The van der Waals surface area contributed by atoms with Crippen LogP contribution in [0.2, 0.25) is 0 Å². The van der Waals surface area contributed by atoms with E-state index in [1.807, 2.05) is 24.3 Å². The van der Waals surface area contributed by atoms with Crippen LogP contribution in [0.5, 0.6) is 5.75 Å². The minimum absolute atomic E-state index is 0.0232. The van der Waals surface area contributed by atoms with E-state index in [0.717, 1.165) is 37.0 Å². The van der Waals surface area contributed by atoms with Crippen molar-refractivity contribution in [2.45, 2.75) is 38.1 Å². The quantitative estimate of drug-likeness (QED) is 0.758. The van der Waals surface area contributed by atoms with Crippen LogP contribution >= 0.6 is 0 Å². The Morgan fingerprint density at radius 1 is 1.03 bits per heavy atom. The van der Waals surface area contributed by atoms with E-state index < -0.39 is 0 Å². The molecule has 31 heavy (non-hydrogen) atoms. The molecule has 1 aromatic carbocycles. The molecule has 2 unspecified atom stereocenters. The molecular weight excluding hydrogens is 398 g/mol. The van der Waals surface area contributed by atoms with Crippen LogP contribution in [-0.2, 0) is 25.5 Å². The zero-order chi connectivity index (χ0) is 22.2. The zero-order valence-corrected chi connectivity index (χ0v) is 18.5. The fourth-order valence-corrected chi connectivity index (χ4v) is 4.54. The fourth-order valence-electron chi connectivity index (χ4n) is 4.54. The van der Waals surface area contributed by atoms with Crippen molar-refractivity contribution < 1.29 is 23.9 Å². The lowest BCUT2D eigenvalue weighted by atomic mass is 9.82. The summed E-state index contributed by atoms with van der Waals surface area (Å²) in [6.07, 6.45) is 3.83. The largest absolute Gasteiger partial charge is 0.497 e. The van der Waals surface area contributed by atoms with E-state index in [1.54, 1.807) is 16.9 Å². The SMILES string of the molecule is COCC(=O)N1CCN(C(=O)Cc2ccc(OC)cc2)CCNC(=O)C2CCCCC21. The number of hydrogen-bond donors (Lipinski definition) is 1. The summed E-state index contributed by atoms with van der Waals surface area (Å²) >= 11 is 0. The van der Waals surface area contributed by atoms with Crippen molar-refractivity contribution in [3.8, 4) is 5.75 Å². The van der Waals surface area contributed by atoms with Crippen molar-refractivity contribution in [2.75, 3.05) is 47.0 Å². The number of amides is 3. The van der Waals surface area contributed by atoms with Gasteiger partial charge in [-0.15, -0.1) is 0 Å². The number of carbonyl (C=O) groups is 3. The molecule has 0 aromatic heterocycles. The molecule has 8 nitrogen and oxygen atoms in total. The summed E-state index contributed by atoms with van der Waals surface area (Å²) in [7, 11) is 3.10. The summed E-state index contributed by atoms with van der Waals surface area (Å²) in [5, 5.41) is 2.99. The summed E-state index contributed by atoms with van der Waals surface area (Å²) in [6, 6.07) is 7.27. The van der Waals surface area contributed by atoms with Gasteiger partial charge in [0.2, 0.25) is 17.7 Å². The Morgan fingerprint density at radius 2 is 1.77 bits per heavy atom. The van der Waals surface area contributed by atoms with E-state index in [1.165, 1.54) is 7.11 Å². The molecule has 3 rings (SSSR count).